The zero-order valence-corrected chi connectivity index (χ0v) is 22.0. The molecule has 5 rings (SSSR count). The molecule has 0 saturated carbocycles. The number of thioether (sulfide) groups is 1. The van der Waals surface area contributed by atoms with Crippen LogP contribution >= 0.6 is 11.8 Å². The van der Waals surface area contributed by atoms with Gasteiger partial charge in [-0.25, -0.2) is 0 Å². The first-order valence-electron chi connectivity index (χ1n) is 11.7. The van der Waals surface area contributed by atoms with Gasteiger partial charge in [0.05, 0.1) is 19.9 Å². The lowest BCUT2D eigenvalue weighted by Crippen LogP contribution is -2.40. The second-order valence-corrected chi connectivity index (χ2v) is 9.45. The molecule has 2 aromatic heterocycles. The Bertz CT molecular complexity index is 1530. The number of aromatic nitrogens is 4. The molecule has 0 spiro atoms. The molecule has 0 aliphatic heterocycles. The van der Waals surface area contributed by atoms with Crippen LogP contribution in [0, 0.1) is 13.8 Å². The van der Waals surface area contributed by atoms with E-state index in [9.17, 15) is 0 Å². The third kappa shape index (κ3) is 4.42. The summed E-state index contributed by atoms with van der Waals surface area (Å²) in [5.41, 5.74) is 5.53. The third-order valence-electron chi connectivity index (χ3n) is 6.27. The Morgan fingerprint density at radius 2 is 1.58 bits per heavy atom. The molecule has 6 nitrogen and oxygen atoms in total. The molecule has 0 unspecified atom stereocenters. The SMILES string of the molecule is COc1cc2cc(C)[n+](-c3nc(SC)nn3Cc3ccccc3)c(-c3ccc(C)cc3)c2cc1OC. The van der Waals surface area contributed by atoms with E-state index in [1.54, 1.807) is 26.0 Å². The summed E-state index contributed by atoms with van der Waals surface area (Å²) >= 11 is 1.54. The summed E-state index contributed by atoms with van der Waals surface area (Å²) in [6.07, 6.45) is 2.00. The van der Waals surface area contributed by atoms with Gasteiger partial charge in [0.25, 0.3) is 5.16 Å². The van der Waals surface area contributed by atoms with Crippen LogP contribution in [-0.2, 0) is 6.54 Å². The maximum absolute atomic E-state index is 5.68. The number of nitrogens with zero attached hydrogens (tertiary/aromatic N) is 4. The number of aryl methyl sites for hydroxylation is 2. The molecule has 5 aromatic rings. The van der Waals surface area contributed by atoms with Crippen LogP contribution < -0.4 is 14.0 Å². The van der Waals surface area contributed by atoms with Gasteiger partial charge in [0, 0.05) is 10.9 Å². The predicted octanol–water partition coefficient (Wildman–Crippen LogP) is 5.78. The molecule has 0 fully saturated rings. The molecule has 7 heteroatoms. The minimum atomic E-state index is 0.619. The van der Waals surface area contributed by atoms with Crippen LogP contribution in [0.5, 0.6) is 11.5 Å². The summed E-state index contributed by atoms with van der Waals surface area (Å²) in [4.78, 5) is 4.96. The van der Waals surface area contributed by atoms with Crippen molar-refractivity contribution < 1.29 is 14.0 Å². The first-order chi connectivity index (χ1) is 17.5. The molecule has 182 valence electrons. The van der Waals surface area contributed by atoms with Gasteiger partial charge in [0.15, 0.2) is 11.5 Å². The molecule has 0 amide bonds. The van der Waals surface area contributed by atoms with E-state index in [2.05, 4.69) is 60.9 Å². The molecule has 2 heterocycles. The normalized spacial score (nSPS) is 11.1. The fourth-order valence-electron chi connectivity index (χ4n) is 4.49. The van der Waals surface area contributed by atoms with Gasteiger partial charge in [-0.1, -0.05) is 77.0 Å². The average molecular weight is 498 g/mol. The molecule has 0 bridgehead atoms. The van der Waals surface area contributed by atoms with E-state index in [4.69, 9.17) is 19.6 Å². The number of rotatable bonds is 7. The molecule has 0 saturated heterocycles. The second kappa shape index (κ2) is 10.0. The predicted molar refractivity (Wildman–Crippen MR) is 144 cm³/mol. The molecule has 0 radical (unpaired) electrons. The summed E-state index contributed by atoms with van der Waals surface area (Å²) in [6, 6.07) is 25.2. The lowest BCUT2D eigenvalue weighted by atomic mass is 10.0. The number of methoxy groups -OCH3 is 2. The second-order valence-electron chi connectivity index (χ2n) is 8.67. The van der Waals surface area contributed by atoms with Crippen molar-refractivity contribution in [2.45, 2.75) is 25.5 Å². The summed E-state index contributed by atoms with van der Waals surface area (Å²) in [6.45, 7) is 4.82. The van der Waals surface area contributed by atoms with Gasteiger partial charge in [-0.15, -0.1) is 4.68 Å². The Morgan fingerprint density at radius 3 is 2.25 bits per heavy atom. The molecule has 0 aliphatic carbocycles. The Kier molecular flexibility index (Phi) is 6.65. The Hall–Kier alpha value is -3.84. The molecular formula is C29H29N4O2S+. The van der Waals surface area contributed by atoms with Crippen molar-refractivity contribution in [1.82, 2.24) is 14.8 Å². The maximum Gasteiger partial charge on any atom is 0.426 e. The van der Waals surface area contributed by atoms with Gasteiger partial charge >= 0.3 is 5.95 Å². The molecule has 36 heavy (non-hydrogen) atoms. The highest BCUT2D eigenvalue weighted by atomic mass is 32.2. The van der Waals surface area contributed by atoms with Crippen molar-refractivity contribution in [2.24, 2.45) is 0 Å². The van der Waals surface area contributed by atoms with Gasteiger partial charge in [-0.2, -0.15) is 4.57 Å². The van der Waals surface area contributed by atoms with E-state index in [-0.39, 0.29) is 0 Å². The molecule has 3 aromatic carbocycles. The van der Waals surface area contributed by atoms with Crippen LogP contribution in [0.3, 0.4) is 0 Å². The van der Waals surface area contributed by atoms with Gasteiger partial charge in [0.2, 0.25) is 0 Å². The lowest BCUT2D eigenvalue weighted by molar-refractivity contribution is -0.599. The standard InChI is InChI=1S/C29H29N4O2S/c1-19-11-13-22(14-12-19)27-24-17-26(35-4)25(34-3)16-23(24)15-20(2)33(27)29-30-28(36-5)31-32(29)18-21-9-7-6-8-10-21/h6-17H,18H2,1-5H3/q+1. The van der Waals surface area contributed by atoms with Crippen molar-refractivity contribution in [2.75, 3.05) is 20.5 Å². The summed E-state index contributed by atoms with van der Waals surface area (Å²) in [7, 11) is 3.33. The maximum atomic E-state index is 5.68. The van der Waals surface area contributed by atoms with Crippen LogP contribution in [0.25, 0.3) is 28.0 Å². The molecule has 0 atom stereocenters. The van der Waals surface area contributed by atoms with Crippen LogP contribution in [0.15, 0.2) is 78.0 Å². The monoisotopic (exact) mass is 497 g/mol. The minimum Gasteiger partial charge on any atom is -0.493 e. The lowest BCUT2D eigenvalue weighted by Gasteiger charge is -2.16. The quantitative estimate of drug-likeness (QED) is 0.211. The van der Waals surface area contributed by atoms with E-state index >= 15 is 0 Å². The van der Waals surface area contributed by atoms with Gasteiger partial charge in [-0.3, -0.25) is 0 Å². The highest BCUT2D eigenvalue weighted by molar-refractivity contribution is 7.98. The van der Waals surface area contributed by atoms with Crippen LogP contribution in [0.4, 0.5) is 0 Å². The number of benzene rings is 3. The van der Waals surface area contributed by atoms with Gasteiger partial charge in [0.1, 0.15) is 12.2 Å². The smallest absolute Gasteiger partial charge is 0.426 e. The Labute approximate surface area is 215 Å². The van der Waals surface area contributed by atoms with E-state index in [1.165, 1.54) is 11.1 Å². The van der Waals surface area contributed by atoms with E-state index < -0.39 is 0 Å². The highest BCUT2D eigenvalue weighted by Crippen LogP contribution is 2.36. The summed E-state index contributed by atoms with van der Waals surface area (Å²) in [5.74, 6) is 2.16. The number of fused-ring (bicyclic) bond motifs is 1. The Balaban J connectivity index is 1.84. The largest absolute Gasteiger partial charge is 0.493 e. The minimum absolute atomic E-state index is 0.619. The fourth-order valence-corrected chi connectivity index (χ4v) is 4.84. The third-order valence-corrected chi connectivity index (χ3v) is 6.81. The number of hydrogen-bond donors (Lipinski definition) is 0. The topological polar surface area (TPSA) is 53.0 Å². The Morgan fingerprint density at radius 1 is 0.889 bits per heavy atom. The number of ether oxygens (including phenoxy) is 2. The van der Waals surface area contributed by atoms with E-state index in [0.717, 1.165) is 38.8 Å². The molecular weight excluding hydrogens is 468 g/mol. The van der Waals surface area contributed by atoms with Crippen molar-refractivity contribution in [3.05, 3.63) is 89.6 Å². The first-order valence-corrected chi connectivity index (χ1v) is 13.0. The fraction of sp³-hybridized carbons (Fsp3) is 0.207. The zero-order valence-electron chi connectivity index (χ0n) is 21.1. The van der Waals surface area contributed by atoms with Crippen LogP contribution in [0.2, 0.25) is 0 Å². The first kappa shape index (κ1) is 23.9. The summed E-state index contributed by atoms with van der Waals surface area (Å²) < 4.78 is 15.5. The molecule has 0 aliphatic rings. The van der Waals surface area contributed by atoms with Crippen molar-refractivity contribution in [1.29, 1.82) is 0 Å². The van der Waals surface area contributed by atoms with E-state index in [0.29, 0.717) is 18.0 Å². The van der Waals surface area contributed by atoms with Crippen molar-refractivity contribution >= 4 is 22.5 Å². The zero-order chi connectivity index (χ0) is 25.2. The molecule has 0 N–H and O–H groups in total. The van der Waals surface area contributed by atoms with Crippen molar-refractivity contribution in [3.8, 4) is 28.7 Å². The van der Waals surface area contributed by atoms with Crippen LogP contribution in [-0.4, -0.2) is 35.2 Å². The van der Waals surface area contributed by atoms with Crippen LogP contribution in [0.1, 0.15) is 16.8 Å². The van der Waals surface area contributed by atoms with Gasteiger partial charge in [-0.05, 0) is 54.2 Å². The van der Waals surface area contributed by atoms with Gasteiger partial charge < -0.3 is 9.47 Å². The summed E-state index contributed by atoms with van der Waals surface area (Å²) in [5, 5.41) is 7.68. The number of pyridine rings is 1. The number of hydrogen-bond acceptors (Lipinski definition) is 5. The van der Waals surface area contributed by atoms with E-state index in [1.807, 2.05) is 41.3 Å². The van der Waals surface area contributed by atoms with Crippen molar-refractivity contribution in [3.63, 3.8) is 0 Å². The highest BCUT2D eigenvalue weighted by Gasteiger charge is 2.28. The average Bonchev–Trinajstić information content (AvgIpc) is 3.30.